The average Bonchev–Trinajstić information content (AvgIpc) is 2.55. The predicted octanol–water partition coefficient (Wildman–Crippen LogP) is 1.06. The van der Waals surface area contributed by atoms with E-state index in [9.17, 15) is 13.2 Å². The van der Waals surface area contributed by atoms with E-state index in [1.807, 2.05) is 0 Å². The van der Waals surface area contributed by atoms with Gasteiger partial charge in [-0.05, 0) is 6.07 Å². The van der Waals surface area contributed by atoms with Crippen LogP contribution in [0.1, 0.15) is 5.69 Å². The van der Waals surface area contributed by atoms with Crippen LogP contribution in [0.25, 0.3) is 0 Å². The molecule has 0 aromatic carbocycles. The predicted molar refractivity (Wildman–Crippen MR) is 59.7 cm³/mol. The maximum absolute atomic E-state index is 12.7. The molecular weight excluding hydrogens is 245 g/mol. The summed E-state index contributed by atoms with van der Waals surface area (Å²) in [6.07, 6.45) is -1.15. The van der Waals surface area contributed by atoms with Gasteiger partial charge >= 0.3 is 6.18 Å². The Hall–Kier alpha value is -1.21. The van der Waals surface area contributed by atoms with Crippen LogP contribution in [-0.2, 0) is 6.54 Å². The topological polar surface area (TPSA) is 41.0 Å². The molecule has 2 heterocycles. The summed E-state index contributed by atoms with van der Waals surface area (Å²) in [5, 5.41) is 2.83. The van der Waals surface area contributed by atoms with Crippen molar-refractivity contribution in [1.29, 1.82) is 0 Å². The fourth-order valence-electron chi connectivity index (χ4n) is 1.98. The third kappa shape index (κ3) is 3.64. The molecule has 0 radical (unpaired) electrons. The lowest BCUT2D eigenvalue weighted by molar-refractivity contribution is -0.176. The first-order valence-corrected chi connectivity index (χ1v) is 5.80. The van der Waals surface area contributed by atoms with E-state index in [1.165, 1.54) is 6.33 Å². The van der Waals surface area contributed by atoms with Crippen LogP contribution >= 0.6 is 0 Å². The summed E-state index contributed by atoms with van der Waals surface area (Å²) in [5.74, 6) is -1.32. The molecule has 18 heavy (non-hydrogen) atoms. The Morgan fingerprint density at radius 1 is 1.44 bits per heavy atom. The van der Waals surface area contributed by atoms with Crippen molar-refractivity contribution in [3.8, 4) is 0 Å². The van der Waals surface area contributed by atoms with Gasteiger partial charge in [0.15, 0.2) is 0 Å². The zero-order valence-electron chi connectivity index (χ0n) is 9.82. The summed E-state index contributed by atoms with van der Waals surface area (Å²) in [5.41, 5.74) is 0.743. The van der Waals surface area contributed by atoms with Crippen molar-refractivity contribution in [2.24, 2.45) is 5.92 Å². The van der Waals surface area contributed by atoms with Gasteiger partial charge in [-0.2, -0.15) is 13.2 Å². The standard InChI is InChI=1S/C11H15F3N4/c12-11(13,14)9-5-15-3-4-18(6-9)7-10-1-2-16-8-17-10/h1-2,8-9,15H,3-7H2. The first-order valence-electron chi connectivity index (χ1n) is 5.80. The third-order valence-corrected chi connectivity index (χ3v) is 2.97. The zero-order chi connectivity index (χ0) is 13.0. The van der Waals surface area contributed by atoms with Crippen molar-refractivity contribution >= 4 is 0 Å². The lowest BCUT2D eigenvalue weighted by atomic mass is 10.1. The molecule has 1 saturated heterocycles. The van der Waals surface area contributed by atoms with Crippen LogP contribution in [0, 0.1) is 5.92 Å². The lowest BCUT2D eigenvalue weighted by Gasteiger charge is -2.24. The summed E-state index contributed by atoms with van der Waals surface area (Å²) < 4.78 is 38.2. The Morgan fingerprint density at radius 3 is 2.94 bits per heavy atom. The Morgan fingerprint density at radius 2 is 2.28 bits per heavy atom. The molecule has 0 saturated carbocycles. The largest absolute Gasteiger partial charge is 0.394 e. The highest BCUT2D eigenvalue weighted by atomic mass is 19.4. The molecule has 2 rings (SSSR count). The molecule has 0 bridgehead atoms. The van der Waals surface area contributed by atoms with Crippen molar-refractivity contribution in [2.75, 3.05) is 26.2 Å². The molecule has 4 nitrogen and oxygen atoms in total. The molecule has 1 aliphatic heterocycles. The van der Waals surface area contributed by atoms with Crippen LogP contribution in [0.3, 0.4) is 0 Å². The van der Waals surface area contributed by atoms with Crippen LogP contribution < -0.4 is 5.32 Å². The Labute approximate surface area is 103 Å². The maximum atomic E-state index is 12.7. The van der Waals surface area contributed by atoms with Crippen molar-refractivity contribution < 1.29 is 13.2 Å². The zero-order valence-corrected chi connectivity index (χ0v) is 9.82. The number of nitrogens with one attached hydrogen (secondary N) is 1. The van der Waals surface area contributed by atoms with Crippen LogP contribution in [-0.4, -0.2) is 47.2 Å². The van der Waals surface area contributed by atoms with E-state index in [1.54, 1.807) is 17.2 Å². The number of rotatable bonds is 2. The quantitative estimate of drug-likeness (QED) is 0.863. The van der Waals surface area contributed by atoms with Gasteiger partial charge < -0.3 is 5.32 Å². The van der Waals surface area contributed by atoms with Gasteiger partial charge in [-0.3, -0.25) is 4.90 Å². The molecule has 1 unspecified atom stereocenters. The second-order valence-electron chi connectivity index (χ2n) is 4.38. The normalized spacial score (nSPS) is 22.7. The molecule has 1 fully saturated rings. The first kappa shape index (κ1) is 13.2. The van der Waals surface area contributed by atoms with Crippen LogP contribution in [0.15, 0.2) is 18.6 Å². The van der Waals surface area contributed by atoms with Gasteiger partial charge in [0.2, 0.25) is 0 Å². The summed E-state index contributed by atoms with van der Waals surface area (Å²) in [6.45, 7) is 1.59. The first-order chi connectivity index (χ1) is 8.55. The molecule has 7 heteroatoms. The molecule has 0 aliphatic carbocycles. The van der Waals surface area contributed by atoms with Gasteiger partial charge in [0.05, 0.1) is 11.6 Å². The Balaban J connectivity index is 1.99. The van der Waals surface area contributed by atoms with Crippen LogP contribution in [0.2, 0.25) is 0 Å². The van der Waals surface area contributed by atoms with Crippen molar-refractivity contribution in [2.45, 2.75) is 12.7 Å². The maximum Gasteiger partial charge on any atom is 0.394 e. The molecule has 1 N–H and O–H groups in total. The number of halogens is 3. The fraction of sp³-hybridized carbons (Fsp3) is 0.636. The minimum atomic E-state index is -4.15. The summed E-state index contributed by atoms with van der Waals surface area (Å²) in [4.78, 5) is 9.60. The molecule has 1 atom stereocenters. The van der Waals surface area contributed by atoms with Crippen molar-refractivity contribution in [3.63, 3.8) is 0 Å². The van der Waals surface area contributed by atoms with E-state index in [4.69, 9.17) is 0 Å². The Bertz CT molecular complexity index is 368. The smallest absolute Gasteiger partial charge is 0.315 e. The van der Waals surface area contributed by atoms with Crippen LogP contribution in [0.4, 0.5) is 13.2 Å². The van der Waals surface area contributed by atoms with Crippen molar-refractivity contribution in [3.05, 3.63) is 24.3 Å². The SMILES string of the molecule is FC(F)(F)C1CNCCN(Cc2ccncn2)C1. The third-order valence-electron chi connectivity index (χ3n) is 2.97. The summed E-state index contributed by atoms with van der Waals surface area (Å²) in [7, 11) is 0. The number of hydrogen-bond donors (Lipinski definition) is 1. The number of aromatic nitrogens is 2. The summed E-state index contributed by atoms with van der Waals surface area (Å²) in [6, 6.07) is 1.72. The van der Waals surface area contributed by atoms with Crippen LogP contribution in [0.5, 0.6) is 0 Å². The molecule has 1 aromatic heterocycles. The second kappa shape index (κ2) is 5.62. The molecule has 0 amide bonds. The molecule has 1 aromatic rings. The highest BCUT2D eigenvalue weighted by molar-refractivity contribution is 4.98. The second-order valence-corrected chi connectivity index (χ2v) is 4.38. The number of alkyl halides is 3. The highest BCUT2D eigenvalue weighted by Crippen LogP contribution is 2.27. The van der Waals surface area contributed by atoms with E-state index in [0.717, 1.165) is 5.69 Å². The van der Waals surface area contributed by atoms with E-state index < -0.39 is 12.1 Å². The van der Waals surface area contributed by atoms with Gasteiger partial charge in [0.25, 0.3) is 0 Å². The number of nitrogens with zero attached hydrogens (tertiary/aromatic N) is 3. The van der Waals surface area contributed by atoms with Gasteiger partial charge in [-0.25, -0.2) is 9.97 Å². The minimum absolute atomic E-state index is 0.0101. The van der Waals surface area contributed by atoms with Gasteiger partial charge in [-0.15, -0.1) is 0 Å². The molecular formula is C11H15F3N4. The van der Waals surface area contributed by atoms with E-state index in [0.29, 0.717) is 19.6 Å². The van der Waals surface area contributed by atoms with Gasteiger partial charge in [-0.1, -0.05) is 0 Å². The van der Waals surface area contributed by atoms with E-state index >= 15 is 0 Å². The molecule has 1 aliphatic rings. The Kier molecular flexibility index (Phi) is 4.13. The molecule has 100 valence electrons. The minimum Gasteiger partial charge on any atom is -0.315 e. The molecule has 0 spiro atoms. The summed E-state index contributed by atoms with van der Waals surface area (Å²) >= 11 is 0. The van der Waals surface area contributed by atoms with Crippen molar-refractivity contribution in [1.82, 2.24) is 20.2 Å². The van der Waals surface area contributed by atoms with Gasteiger partial charge in [0, 0.05) is 38.9 Å². The van der Waals surface area contributed by atoms with E-state index in [-0.39, 0.29) is 13.1 Å². The number of hydrogen-bond acceptors (Lipinski definition) is 4. The van der Waals surface area contributed by atoms with E-state index in [2.05, 4.69) is 15.3 Å². The average molecular weight is 260 g/mol. The highest BCUT2D eigenvalue weighted by Gasteiger charge is 2.40. The monoisotopic (exact) mass is 260 g/mol. The van der Waals surface area contributed by atoms with Gasteiger partial charge in [0.1, 0.15) is 6.33 Å². The lowest BCUT2D eigenvalue weighted by Crippen LogP contribution is -2.38. The fourth-order valence-corrected chi connectivity index (χ4v) is 1.98.